The molecule has 0 bridgehead atoms. The average molecular weight is 423 g/mol. The Bertz CT molecular complexity index is 914. The molecule has 5 nitrogen and oxygen atoms in total. The maximum Gasteiger partial charge on any atom is 0.244 e. The zero-order chi connectivity index (χ0) is 20.9. The van der Waals surface area contributed by atoms with Gasteiger partial charge in [0.05, 0.1) is 18.0 Å². The third-order valence-electron chi connectivity index (χ3n) is 4.60. The van der Waals surface area contributed by atoms with E-state index in [1.807, 2.05) is 38.1 Å². The van der Waals surface area contributed by atoms with Gasteiger partial charge in [-0.1, -0.05) is 61.3 Å². The Morgan fingerprint density at radius 3 is 2.25 bits per heavy atom. The summed E-state index contributed by atoms with van der Waals surface area (Å²) in [6.07, 6.45) is 2.12. The second-order valence-corrected chi connectivity index (χ2v) is 9.14. The van der Waals surface area contributed by atoms with E-state index < -0.39 is 16.1 Å². The first-order valence-electron chi connectivity index (χ1n) is 9.29. The highest BCUT2D eigenvalue weighted by Gasteiger charge is 2.32. The Morgan fingerprint density at radius 2 is 1.75 bits per heavy atom. The molecule has 0 aliphatic heterocycles. The van der Waals surface area contributed by atoms with E-state index in [1.54, 1.807) is 31.2 Å². The van der Waals surface area contributed by atoms with Crippen LogP contribution in [0, 0.1) is 6.92 Å². The number of hydrogen-bond donors (Lipinski definition) is 1. The zero-order valence-corrected chi connectivity index (χ0v) is 18.2. The first-order chi connectivity index (χ1) is 13.2. The van der Waals surface area contributed by atoms with Crippen LogP contribution in [-0.2, 0) is 14.8 Å². The summed E-state index contributed by atoms with van der Waals surface area (Å²) in [5, 5.41) is 3.42. The highest BCUT2D eigenvalue weighted by atomic mass is 35.5. The zero-order valence-electron chi connectivity index (χ0n) is 16.6. The minimum Gasteiger partial charge on any atom is -0.347 e. The Hall–Kier alpha value is -2.05. The number of hydrogen-bond acceptors (Lipinski definition) is 3. The molecule has 1 amide bonds. The molecule has 0 aromatic heterocycles. The van der Waals surface area contributed by atoms with E-state index >= 15 is 0 Å². The molecule has 28 heavy (non-hydrogen) atoms. The van der Waals surface area contributed by atoms with Gasteiger partial charge >= 0.3 is 0 Å². The lowest BCUT2D eigenvalue weighted by Gasteiger charge is -2.31. The summed E-state index contributed by atoms with van der Waals surface area (Å²) in [6.45, 7) is 5.78. The first-order valence-corrected chi connectivity index (χ1v) is 11.5. The molecule has 2 atom stereocenters. The van der Waals surface area contributed by atoms with Gasteiger partial charge in [-0.25, -0.2) is 8.42 Å². The Morgan fingerprint density at radius 1 is 1.11 bits per heavy atom. The largest absolute Gasteiger partial charge is 0.347 e. The Kier molecular flexibility index (Phi) is 7.49. The molecule has 0 fully saturated rings. The van der Waals surface area contributed by atoms with Crippen LogP contribution in [0.1, 0.15) is 43.9 Å². The summed E-state index contributed by atoms with van der Waals surface area (Å²) in [6, 6.07) is 13.4. The first kappa shape index (κ1) is 22.2. The average Bonchev–Trinajstić information content (AvgIpc) is 2.63. The number of amides is 1. The molecule has 0 aliphatic rings. The fraction of sp³-hybridized carbons (Fsp3) is 0.381. The van der Waals surface area contributed by atoms with Crippen LogP contribution in [0.15, 0.2) is 48.5 Å². The van der Waals surface area contributed by atoms with Gasteiger partial charge in [-0.15, -0.1) is 0 Å². The van der Waals surface area contributed by atoms with E-state index in [4.69, 9.17) is 11.6 Å². The van der Waals surface area contributed by atoms with Crippen LogP contribution in [-0.4, -0.2) is 26.6 Å². The van der Waals surface area contributed by atoms with Crippen molar-refractivity contribution in [3.63, 3.8) is 0 Å². The standard InChI is InChI=1S/C21H27ClN2O3S/c1-5-19(16-12-10-15(3)11-13-16)23-21(25)20(6-2)24(28(4,26)27)18-9-7-8-17(22)14-18/h7-14,19-20H,5-6H2,1-4H3,(H,23,25)/t19-,20-/m1/s1. The molecular weight excluding hydrogens is 396 g/mol. The lowest BCUT2D eigenvalue weighted by atomic mass is 10.0. The third kappa shape index (κ3) is 5.49. The summed E-state index contributed by atoms with van der Waals surface area (Å²) < 4.78 is 26.2. The summed E-state index contributed by atoms with van der Waals surface area (Å²) >= 11 is 6.04. The predicted molar refractivity (Wildman–Crippen MR) is 115 cm³/mol. The second kappa shape index (κ2) is 9.43. The fourth-order valence-corrected chi connectivity index (χ4v) is 4.55. The lowest BCUT2D eigenvalue weighted by Crippen LogP contribution is -2.50. The molecule has 0 aliphatic carbocycles. The van der Waals surface area contributed by atoms with Gasteiger partial charge in [-0.05, 0) is 43.5 Å². The van der Waals surface area contributed by atoms with E-state index in [2.05, 4.69) is 5.32 Å². The fourth-order valence-electron chi connectivity index (χ4n) is 3.16. The maximum absolute atomic E-state index is 13.1. The monoisotopic (exact) mass is 422 g/mol. The number of nitrogens with zero attached hydrogens (tertiary/aromatic N) is 1. The van der Waals surface area contributed by atoms with E-state index in [1.165, 1.54) is 0 Å². The van der Waals surface area contributed by atoms with Crippen molar-refractivity contribution in [1.29, 1.82) is 0 Å². The normalized spacial score (nSPS) is 13.6. The van der Waals surface area contributed by atoms with Gasteiger partial charge in [0, 0.05) is 5.02 Å². The van der Waals surface area contributed by atoms with E-state index in [9.17, 15) is 13.2 Å². The van der Waals surface area contributed by atoms with Crippen molar-refractivity contribution in [2.75, 3.05) is 10.6 Å². The van der Waals surface area contributed by atoms with E-state index in [-0.39, 0.29) is 11.9 Å². The summed E-state index contributed by atoms with van der Waals surface area (Å²) in [4.78, 5) is 13.1. The number of sulfonamides is 1. The maximum atomic E-state index is 13.1. The van der Waals surface area contributed by atoms with Crippen molar-refractivity contribution >= 4 is 33.2 Å². The third-order valence-corrected chi connectivity index (χ3v) is 6.01. The molecule has 152 valence electrons. The molecular formula is C21H27ClN2O3S. The molecule has 2 aromatic rings. The smallest absolute Gasteiger partial charge is 0.244 e. The topological polar surface area (TPSA) is 66.5 Å². The van der Waals surface area contributed by atoms with Crippen molar-refractivity contribution in [1.82, 2.24) is 5.32 Å². The number of halogens is 1. The van der Waals surface area contributed by atoms with E-state index in [0.717, 1.165) is 21.7 Å². The van der Waals surface area contributed by atoms with Crippen molar-refractivity contribution in [2.24, 2.45) is 0 Å². The minimum atomic E-state index is -3.69. The summed E-state index contributed by atoms with van der Waals surface area (Å²) in [5.74, 6) is -0.333. The highest BCUT2D eigenvalue weighted by molar-refractivity contribution is 7.92. The molecule has 2 aromatic carbocycles. The van der Waals surface area contributed by atoms with Crippen molar-refractivity contribution < 1.29 is 13.2 Å². The van der Waals surface area contributed by atoms with Crippen LogP contribution >= 0.6 is 11.6 Å². The summed E-state index contributed by atoms with van der Waals surface area (Å²) in [5.41, 5.74) is 2.51. The number of aryl methyl sites for hydroxylation is 1. The van der Waals surface area contributed by atoms with Gasteiger partial charge in [0.2, 0.25) is 15.9 Å². The van der Waals surface area contributed by atoms with Crippen LogP contribution < -0.4 is 9.62 Å². The molecule has 0 saturated carbocycles. The Balaban J connectivity index is 2.34. The SMILES string of the molecule is CC[C@H](C(=O)N[C@H](CC)c1ccc(C)cc1)N(c1cccc(Cl)c1)S(C)(=O)=O. The van der Waals surface area contributed by atoms with Crippen molar-refractivity contribution in [3.8, 4) is 0 Å². The van der Waals surface area contributed by atoms with Gasteiger partial charge in [0.15, 0.2) is 0 Å². The number of nitrogens with one attached hydrogen (secondary N) is 1. The van der Waals surface area contributed by atoms with Gasteiger partial charge in [0.25, 0.3) is 0 Å². The number of anilines is 1. The molecule has 0 saturated heterocycles. The van der Waals surface area contributed by atoms with Crippen LogP contribution in [0.2, 0.25) is 5.02 Å². The van der Waals surface area contributed by atoms with Crippen LogP contribution in [0.4, 0.5) is 5.69 Å². The number of benzene rings is 2. The predicted octanol–water partition coefficient (Wildman–Crippen LogP) is 4.46. The number of rotatable bonds is 8. The molecule has 0 heterocycles. The lowest BCUT2D eigenvalue weighted by molar-refractivity contribution is -0.123. The molecule has 1 N–H and O–H groups in total. The van der Waals surface area contributed by atoms with Crippen LogP contribution in [0.3, 0.4) is 0 Å². The van der Waals surface area contributed by atoms with Gasteiger partial charge in [-0.3, -0.25) is 9.10 Å². The minimum absolute atomic E-state index is 0.192. The van der Waals surface area contributed by atoms with Gasteiger partial charge < -0.3 is 5.32 Å². The molecule has 7 heteroatoms. The molecule has 0 spiro atoms. The van der Waals surface area contributed by atoms with Crippen LogP contribution in [0.25, 0.3) is 0 Å². The molecule has 0 radical (unpaired) electrons. The quantitative estimate of drug-likeness (QED) is 0.682. The highest BCUT2D eigenvalue weighted by Crippen LogP contribution is 2.26. The summed E-state index contributed by atoms with van der Waals surface area (Å²) in [7, 11) is -3.69. The molecule has 0 unspecified atom stereocenters. The van der Waals surface area contributed by atoms with Crippen molar-refractivity contribution in [3.05, 3.63) is 64.7 Å². The molecule has 2 rings (SSSR count). The number of carbonyl (C=O) groups excluding carboxylic acids is 1. The Labute approximate surface area is 172 Å². The van der Waals surface area contributed by atoms with E-state index in [0.29, 0.717) is 23.6 Å². The van der Waals surface area contributed by atoms with Gasteiger partial charge in [-0.2, -0.15) is 0 Å². The van der Waals surface area contributed by atoms with Crippen LogP contribution in [0.5, 0.6) is 0 Å². The number of carbonyl (C=O) groups is 1. The van der Waals surface area contributed by atoms with Crippen molar-refractivity contribution in [2.45, 2.75) is 45.7 Å². The van der Waals surface area contributed by atoms with Gasteiger partial charge in [0.1, 0.15) is 6.04 Å². The second-order valence-electron chi connectivity index (χ2n) is 6.84.